The van der Waals surface area contributed by atoms with Crippen molar-refractivity contribution in [2.75, 3.05) is 13.1 Å². The Morgan fingerprint density at radius 1 is 1.17 bits per heavy atom. The molecule has 0 saturated heterocycles. The Balaban J connectivity index is 2.05. The van der Waals surface area contributed by atoms with Gasteiger partial charge in [0.05, 0.1) is 19.1 Å². The molecule has 0 aliphatic heterocycles. The Morgan fingerprint density at radius 3 is 2.33 bits per heavy atom. The molecule has 1 aromatic carbocycles. The lowest BCUT2D eigenvalue weighted by Crippen LogP contribution is -2.45. The van der Waals surface area contributed by atoms with Gasteiger partial charge in [0.2, 0.25) is 5.91 Å². The molecule has 0 bridgehead atoms. The first kappa shape index (κ1) is 18.5. The van der Waals surface area contributed by atoms with E-state index < -0.39 is 5.97 Å². The zero-order valence-electron chi connectivity index (χ0n) is 14.6. The number of carboxylic acid groups (broad SMARTS) is 1. The minimum Gasteiger partial charge on any atom is -0.480 e. The molecule has 5 nitrogen and oxygen atoms in total. The molecule has 1 aromatic rings. The summed E-state index contributed by atoms with van der Waals surface area (Å²) in [6.45, 7) is 3.80. The molecule has 1 atom stereocenters. The lowest BCUT2D eigenvalue weighted by Gasteiger charge is -2.28. The third-order valence-corrected chi connectivity index (χ3v) is 4.76. The van der Waals surface area contributed by atoms with E-state index in [1.807, 2.05) is 32.0 Å². The van der Waals surface area contributed by atoms with Crippen molar-refractivity contribution in [1.82, 2.24) is 10.2 Å². The number of amides is 1. The summed E-state index contributed by atoms with van der Waals surface area (Å²) in [5, 5.41) is 12.2. The lowest BCUT2D eigenvalue weighted by atomic mass is 9.91. The van der Waals surface area contributed by atoms with Crippen LogP contribution in [0.15, 0.2) is 30.3 Å². The number of hydrogen-bond acceptors (Lipinski definition) is 3. The molecule has 0 spiro atoms. The van der Waals surface area contributed by atoms with Crippen LogP contribution in [-0.2, 0) is 9.59 Å². The lowest BCUT2D eigenvalue weighted by molar-refractivity contribution is -0.139. The number of nitrogens with one attached hydrogen (secondary N) is 1. The van der Waals surface area contributed by atoms with Crippen molar-refractivity contribution in [3.05, 3.63) is 35.9 Å². The molecular weight excluding hydrogens is 304 g/mol. The molecule has 1 aliphatic rings. The quantitative estimate of drug-likeness (QED) is 0.768. The van der Waals surface area contributed by atoms with Gasteiger partial charge in [0.1, 0.15) is 0 Å². The van der Waals surface area contributed by atoms with Crippen LogP contribution in [0.4, 0.5) is 0 Å². The molecule has 2 rings (SSSR count). The average molecular weight is 332 g/mol. The fourth-order valence-electron chi connectivity index (χ4n) is 3.42. The van der Waals surface area contributed by atoms with E-state index in [0.29, 0.717) is 5.92 Å². The van der Waals surface area contributed by atoms with E-state index in [9.17, 15) is 9.59 Å². The minimum atomic E-state index is -0.910. The van der Waals surface area contributed by atoms with E-state index in [2.05, 4.69) is 17.4 Å². The molecule has 24 heavy (non-hydrogen) atoms. The van der Waals surface area contributed by atoms with Crippen LogP contribution in [0.5, 0.6) is 0 Å². The smallest absolute Gasteiger partial charge is 0.317 e. The molecule has 1 unspecified atom stereocenters. The van der Waals surface area contributed by atoms with Crippen LogP contribution < -0.4 is 5.32 Å². The number of carbonyl (C=O) groups is 2. The summed E-state index contributed by atoms with van der Waals surface area (Å²) < 4.78 is 0. The summed E-state index contributed by atoms with van der Waals surface area (Å²) in [5.41, 5.74) is 1.13. The molecule has 0 aromatic heterocycles. The third-order valence-electron chi connectivity index (χ3n) is 4.76. The summed E-state index contributed by atoms with van der Waals surface area (Å²) in [6.07, 6.45) is 4.67. The van der Waals surface area contributed by atoms with Crippen molar-refractivity contribution in [2.24, 2.45) is 5.92 Å². The van der Waals surface area contributed by atoms with Crippen molar-refractivity contribution >= 4 is 11.9 Å². The minimum absolute atomic E-state index is 0.00788. The Bertz CT molecular complexity index is 539. The van der Waals surface area contributed by atoms with Crippen LogP contribution in [0.3, 0.4) is 0 Å². The zero-order valence-corrected chi connectivity index (χ0v) is 14.6. The molecule has 1 aliphatic carbocycles. The first-order chi connectivity index (χ1) is 11.5. The van der Waals surface area contributed by atoms with Gasteiger partial charge in [-0.1, -0.05) is 43.2 Å². The van der Waals surface area contributed by atoms with E-state index in [4.69, 9.17) is 5.11 Å². The molecule has 0 radical (unpaired) electrons. The van der Waals surface area contributed by atoms with Crippen LogP contribution >= 0.6 is 0 Å². The standard InChI is InChI=1S/C19H28N2O3/c1-14(2)21(13-18(23)24)12-17(22)20-19(16-10-6-7-11-16)15-8-4-3-5-9-15/h3-5,8-9,14,16,19H,6-7,10-13H2,1-2H3,(H,20,22)(H,23,24). The predicted molar refractivity (Wildman–Crippen MR) is 93.6 cm³/mol. The normalized spacial score (nSPS) is 16.5. The third kappa shape index (κ3) is 5.34. The van der Waals surface area contributed by atoms with E-state index in [1.165, 1.54) is 12.8 Å². The molecule has 1 amide bonds. The largest absolute Gasteiger partial charge is 0.480 e. The van der Waals surface area contributed by atoms with Crippen molar-refractivity contribution in [2.45, 2.75) is 51.6 Å². The first-order valence-corrected chi connectivity index (χ1v) is 8.77. The molecule has 1 fully saturated rings. The Morgan fingerprint density at radius 2 is 1.79 bits per heavy atom. The second-order valence-corrected chi connectivity index (χ2v) is 6.89. The van der Waals surface area contributed by atoms with Gasteiger partial charge in [0.15, 0.2) is 0 Å². The molecule has 5 heteroatoms. The van der Waals surface area contributed by atoms with Crippen molar-refractivity contribution in [1.29, 1.82) is 0 Å². The van der Waals surface area contributed by atoms with Gasteiger partial charge in [-0.2, -0.15) is 0 Å². The number of aliphatic carboxylic acids is 1. The maximum Gasteiger partial charge on any atom is 0.317 e. The highest BCUT2D eigenvalue weighted by atomic mass is 16.4. The van der Waals surface area contributed by atoms with Gasteiger partial charge in [-0.3, -0.25) is 14.5 Å². The van der Waals surface area contributed by atoms with Gasteiger partial charge in [0, 0.05) is 6.04 Å². The van der Waals surface area contributed by atoms with E-state index in [0.717, 1.165) is 18.4 Å². The fraction of sp³-hybridized carbons (Fsp3) is 0.579. The molecule has 0 heterocycles. The van der Waals surface area contributed by atoms with Gasteiger partial charge < -0.3 is 10.4 Å². The van der Waals surface area contributed by atoms with Crippen LogP contribution in [0.25, 0.3) is 0 Å². The van der Waals surface area contributed by atoms with E-state index >= 15 is 0 Å². The number of carboxylic acids is 1. The van der Waals surface area contributed by atoms with Crippen molar-refractivity contribution in [3.63, 3.8) is 0 Å². The molecular formula is C19H28N2O3. The number of rotatable bonds is 8. The SMILES string of the molecule is CC(C)N(CC(=O)O)CC(=O)NC(c1ccccc1)C1CCCC1. The van der Waals surface area contributed by atoms with Crippen molar-refractivity contribution < 1.29 is 14.7 Å². The monoisotopic (exact) mass is 332 g/mol. The highest BCUT2D eigenvalue weighted by Gasteiger charge is 2.28. The molecule has 1 saturated carbocycles. The van der Waals surface area contributed by atoms with Gasteiger partial charge >= 0.3 is 5.97 Å². The second-order valence-electron chi connectivity index (χ2n) is 6.89. The van der Waals surface area contributed by atoms with Crippen molar-refractivity contribution in [3.8, 4) is 0 Å². The Kier molecular flexibility index (Phi) is 6.79. The predicted octanol–water partition coefficient (Wildman–Crippen LogP) is 2.83. The average Bonchev–Trinajstić information content (AvgIpc) is 3.06. The number of nitrogens with zero attached hydrogens (tertiary/aromatic N) is 1. The van der Waals surface area contributed by atoms with E-state index in [1.54, 1.807) is 4.90 Å². The zero-order chi connectivity index (χ0) is 17.5. The maximum absolute atomic E-state index is 12.5. The van der Waals surface area contributed by atoms with Crippen LogP contribution in [-0.4, -0.2) is 41.0 Å². The summed E-state index contributed by atoms with van der Waals surface area (Å²) in [7, 11) is 0. The second kappa shape index (κ2) is 8.83. The molecule has 2 N–H and O–H groups in total. The number of benzene rings is 1. The van der Waals surface area contributed by atoms with Crippen LogP contribution in [0.1, 0.15) is 51.1 Å². The summed E-state index contributed by atoms with van der Waals surface area (Å²) >= 11 is 0. The van der Waals surface area contributed by atoms with Gasteiger partial charge in [-0.25, -0.2) is 0 Å². The summed E-state index contributed by atoms with van der Waals surface area (Å²) in [6, 6.07) is 10.1. The van der Waals surface area contributed by atoms with Gasteiger partial charge in [-0.05, 0) is 38.2 Å². The Hall–Kier alpha value is -1.88. The number of hydrogen-bond donors (Lipinski definition) is 2. The highest BCUT2D eigenvalue weighted by Crippen LogP contribution is 2.35. The fourth-order valence-corrected chi connectivity index (χ4v) is 3.42. The van der Waals surface area contributed by atoms with Crippen LogP contribution in [0.2, 0.25) is 0 Å². The maximum atomic E-state index is 12.5. The van der Waals surface area contributed by atoms with Gasteiger partial charge in [-0.15, -0.1) is 0 Å². The molecule has 132 valence electrons. The number of carbonyl (C=O) groups excluding carboxylic acids is 1. The van der Waals surface area contributed by atoms with E-state index in [-0.39, 0.29) is 31.1 Å². The Labute approximate surface area is 144 Å². The summed E-state index contributed by atoms with van der Waals surface area (Å²) in [5.74, 6) is -0.555. The van der Waals surface area contributed by atoms with Gasteiger partial charge in [0.25, 0.3) is 0 Å². The van der Waals surface area contributed by atoms with Crippen LogP contribution in [0, 0.1) is 5.92 Å². The summed E-state index contributed by atoms with van der Waals surface area (Å²) in [4.78, 5) is 25.2. The highest BCUT2D eigenvalue weighted by molar-refractivity contribution is 5.79. The first-order valence-electron chi connectivity index (χ1n) is 8.77. The topological polar surface area (TPSA) is 69.6 Å².